The summed E-state index contributed by atoms with van der Waals surface area (Å²) in [7, 11) is 0. The molecular formula is C10H19NOS. The summed E-state index contributed by atoms with van der Waals surface area (Å²) in [6.45, 7) is 2.10. The van der Waals surface area contributed by atoms with Gasteiger partial charge in [-0.15, -0.1) is 0 Å². The average molecular weight is 201 g/mol. The van der Waals surface area contributed by atoms with Gasteiger partial charge in [0.15, 0.2) is 0 Å². The van der Waals surface area contributed by atoms with Gasteiger partial charge in [-0.3, -0.25) is 5.32 Å². The van der Waals surface area contributed by atoms with Crippen molar-refractivity contribution in [3.05, 3.63) is 0 Å². The van der Waals surface area contributed by atoms with E-state index < -0.39 is 0 Å². The molecule has 3 heteroatoms. The molecule has 0 bridgehead atoms. The normalized spacial score (nSPS) is 31.8. The molecule has 0 aliphatic carbocycles. The molecular weight excluding hydrogens is 182 g/mol. The first-order valence-corrected chi connectivity index (χ1v) is 6.53. The Kier molecular flexibility index (Phi) is 3.94. The molecule has 1 unspecified atom stereocenters. The van der Waals surface area contributed by atoms with Crippen molar-refractivity contribution in [1.82, 2.24) is 5.32 Å². The van der Waals surface area contributed by atoms with Crippen molar-refractivity contribution in [3.8, 4) is 0 Å². The molecule has 1 N–H and O–H groups in total. The molecule has 2 saturated heterocycles. The van der Waals surface area contributed by atoms with Crippen LogP contribution in [0.3, 0.4) is 0 Å². The van der Waals surface area contributed by atoms with Crippen molar-refractivity contribution in [2.24, 2.45) is 5.92 Å². The van der Waals surface area contributed by atoms with Crippen molar-refractivity contribution >= 4 is 11.8 Å². The topological polar surface area (TPSA) is 21.3 Å². The predicted octanol–water partition coefficient (Wildman–Crippen LogP) is 1.86. The third kappa shape index (κ3) is 3.15. The molecule has 0 aromatic heterocycles. The Morgan fingerprint density at radius 2 is 2.15 bits per heavy atom. The van der Waals surface area contributed by atoms with Crippen LogP contribution in [0.1, 0.15) is 25.7 Å². The van der Waals surface area contributed by atoms with Gasteiger partial charge in [0.2, 0.25) is 0 Å². The molecule has 0 saturated carbocycles. The van der Waals surface area contributed by atoms with Gasteiger partial charge < -0.3 is 4.74 Å². The zero-order valence-corrected chi connectivity index (χ0v) is 8.94. The van der Waals surface area contributed by atoms with Gasteiger partial charge in [-0.1, -0.05) is 0 Å². The van der Waals surface area contributed by atoms with E-state index in [1.807, 2.05) is 0 Å². The highest BCUT2D eigenvalue weighted by Crippen LogP contribution is 2.26. The second kappa shape index (κ2) is 5.23. The fraction of sp³-hybridized carbons (Fsp3) is 1.00. The predicted molar refractivity (Wildman–Crippen MR) is 57.0 cm³/mol. The Morgan fingerprint density at radius 3 is 2.85 bits per heavy atom. The third-order valence-electron chi connectivity index (χ3n) is 2.90. The SMILES string of the molecule is C1CNC(CC2CCSCC2)OC1. The van der Waals surface area contributed by atoms with Crippen molar-refractivity contribution in [2.75, 3.05) is 24.7 Å². The molecule has 2 heterocycles. The Labute approximate surface area is 84.8 Å². The Morgan fingerprint density at radius 1 is 1.31 bits per heavy atom. The summed E-state index contributed by atoms with van der Waals surface area (Å²) < 4.78 is 5.66. The number of hydrogen-bond donors (Lipinski definition) is 1. The summed E-state index contributed by atoms with van der Waals surface area (Å²) >= 11 is 2.10. The summed E-state index contributed by atoms with van der Waals surface area (Å²) in [4.78, 5) is 0. The molecule has 0 amide bonds. The lowest BCUT2D eigenvalue weighted by Gasteiger charge is -2.29. The average Bonchev–Trinajstić information content (AvgIpc) is 2.21. The number of thioether (sulfide) groups is 1. The van der Waals surface area contributed by atoms with Gasteiger partial charge in [0.1, 0.15) is 6.23 Å². The fourth-order valence-electron chi connectivity index (χ4n) is 2.06. The zero-order chi connectivity index (χ0) is 8.93. The zero-order valence-electron chi connectivity index (χ0n) is 8.13. The summed E-state index contributed by atoms with van der Waals surface area (Å²) in [6.07, 6.45) is 5.57. The van der Waals surface area contributed by atoms with Gasteiger partial charge in [0.05, 0.1) is 0 Å². The molecule has 0 aromatic rings. The van der Waals surface area contributed by atoms with Gasteiger partial charge in [-0.25, -0.2) is 0 Å². The van der Waals surface area contributed by atoms with Crippen molar-refractivity contribution < 1.29 is 4.74 Å². The lowest BCUT2D eigenvalue weighted by molar-refractivity contribution is -0.0139. The summed E-state index contributed by atoms with van der Waals surface area (Å²) in [5, 5.41) is 3.44. The number of hydrogen-bond acceptors (Lipinski definition) is 3. The highest BCUT2D eigenvalue weighted by atomic mass is 32.2. The van der Waals surface area contributed by atoms with E-state index in [1.54, 1.807) is 0 Å². The quantitative estimate of drug-likeness (QED) is 0.737. The van der Waals surface area contributed by atoms with Gasteiger partial charge in [0, 0.05) is 6.61 Å². The monoisotopic (exact) mass is 201 g/mol. The van der Waals surface area contributed by atoms with E-state index in [2.05, 4.69) is 17.1 Å². The van der Waals surface area contributed by atoms with E-state index in [9.17, 15) is 0 Å². The minimum absolute atomic E-state index is 0.363. The van der Waals surface area contributed by atoms with Crippen LogP contribution in [0, 0.1) is 5.92 Å². The lowest BCUT2D eigenvalue weighted by Crippen LogP contribution is -2.39. The molecule has 0 spiro atoms. The first-order valence-electron chi connectivity index (χ1n) is 5.38. The number of rotatable bonds is 2. The van der Waals surface area contributed by atoms with Crippen LogP contribution >= 0.6 is 11.8 Å². The Balaban J connectivity index is 1.69. The molecule has 1 atom stereocenters. The van der Waals surface area contributed by atoms with E-state index in [0.717, 1.165) is 19.1 Å². The van der Waals surface area contributed by atoms with E-state index in [1.165, 1.54) is 37.2 Å². The second-order valence-corrected chi connectivity index (χ2v) is 5.18. The minimum Gasteiger partial charge on any atom is -0.363 e. The van der Waals surface area contributed by atoms with Crippen molar-refractivity contribution in [3.63, 3.8) is 0 Å². The van der Waals surface area contributed by atoms with Crippen LogP contribution in [0.2, 0.25) is 0 Å². The number of ether oxygens (including phenoxy) is 1. The highest BCUT2D eigenvalue weighted by molar-refractivity contribution is 7.99. The fourth-order valence-corrected chi connectivity index (χ4v) is 3.26. The van der Waals surface area contributed by atoms with Crippen LogP contribution in [0.15, 0.2) is 0 Å². The maximum atomic E-state index is 5.66. The molecule has 2 nitrogen and oxygen atoms in total. The van der Waals surface area contributed by atoms with Crippen LogP contribution in [-0.2, 0) is 4.74 Å². The molecule has 0 aromatic carbocycles. The first kappa shape index (κ1) is 9.81. The van der Waals surface area contributed by atoms with Crippen LogP contribution in [0.25, 0.3) is 0 Å². The van der Waals surface area contributed by atoms with Crippen molar-refractivity contribution in [2.45, 2.75) is 31.9 Å². The highest BCUT2D eigenvalue weighted by Gasteiger charge is 2.20. The van der Waals surface area contributed by atoms with Crippen LogP contribution < -0.4 is 5.32 Å². The minimum atomic E-state index is 0.363. The molecule has 76 valence electrons. The number of nitrogens with one attached hydrogen (secondary N) is 1. The van der Waals surface area contributed by atoms with Crippen LogP contribution in [0.5, 0.6) is 0 Å². The van der Waals surface area contributed by atoms with E-state index >= 15 is 0 Å². The van der Waals surface area contributed by atoms with Gasteiger partial charge in [-0.05, 0) is 49.7 Å². The van der Waals surface area contributed by atoms with Gasteiger partial charge >= 0.3 is 0 Å². The summed E-state index contributed by atoms with van der Waals surface area (Å²) in [5.41, 5.74) is 0. The first-order chi connectivity index (χ1) is 6.45. The smallest absolute Gasteiger partial charge is 0.108 e. The lowest BCUT2D eigenvalue weighted by atomic mass is 9.97. The standard InChI is InChI=1S/C10H19NOS/c1-4-11-10(12-5-1)8-9-2-6-13-7-3-9/h9-11H,1-8H2. The van der Waals surface area contributed by atoms with E-state index in [-0.39, 0.29) is 0 Å². The van der Waals surface area contributed by atoms with E-state index in [4.69, 9.17) is 4.74 Å². The van der Waals surface area contributed by atoms with Crippen molar-refractivity contribution in [1.29, 1.82) is 0 Å². The van der Waals surface area contributed by atoms with Gasteiger partial charge in [0.25, 0.3) is 0 Å². The third-order valence-corrected chi connectivity index (χ3v) is 3.95. The molecule has 13 heavy (non-hydrogen) atoms. The Hall–Kier alpha value is 0.270. The molecule has 2 fully saturated rings. The molecule has 2 aliphatic rings. The van der Waals surface area contributed by atoms with Gasteiger partial charge in [-0.2, -0.15) is 11.8 Å². The maximum absolute atomic E-state index is 5.66. The molecule has 2 aliphatic heterocycles. The maximum Gasteiger partial charge on any atom is 0.108 e. The second-order valence-electron chi connectivity index (χ2n) is 3.96. The van der Waals surface area contributed by atoms with E-state index in [0.29, 0.717) is 6.23 Å². The van der Waals surface area contributed by atoms with Crippen LogP contribution in [-0.4, -0.2) is 30.9 Å². The van der Waals surface area contributed by atoms with Crippen LogP contribution in [0.4, 0.5) is 0 Å². The summed E-state index contributed by atoms with van der Waals surface area (Å²) in [5.74, 6) is 3.63. The molecule has 2 rings (SSSR count). The summed E-state index contributed by atoms with van der Waals surface area (Å²) in [6, 6.07) is 0. The Bertz CT molecular complexity index is 126. The largest absolute Gasteiger partial charge is 0.363 e. The molecule has 0 radical (unpaired) electrons.